The first kappa shape index (κ1) is 15.1. The van der Waals surface area contributed by atoms with Crippen LogP contribution in [0, 0.1) is 3.57 Å². The molecule has 6 nitrogen and oxygen atoms in total. The van der Waals surface area contributed by atoms with Crippen molar-refractivity contribution in [3.63, 3.8) is 0 Å². The molecule has 0 atom stereocenters. The maximum atomic E-state index is 12.0. The Kier molecular flexibility index (Phi) is 4.32. The third-order valence-corrected chi connectivity index (χ3v) is 3.61. The van der Waals surface area contributed by atoms with Crippen molar-refractivity contribution in [2.45, 2.75) is 0 Å². The second kappa shape index (κ2) is 6.00. The molecular formula is C14H10INO5. The minimum atomic E-state index is -1.26. The molecule has 0 bridgehead atoms. The van der Waals surface area contributed by atoms with Crippen LogP contribution in [0.15, 0.2) is 36.4 Å². The molecule has 0 aliphatic heterocycles. The Morgan fingerprint density at radius 1 is 1.00 bits per heavy atom. The van der Waals surface area contributed by atoms with E-state index in [1.165, 1.54) is 18.2 Å². The molecule has 0 aromatic heterocycles. The lowest BCUT2D eigenvalue weighted by Gasteiger charge is -2.08. The zero-order chi connectivity index (χ0) is 15.6. The van der Waals surface area contributed by atoms with Gasteiger partial charge in [-0.15, -0.1) is 0 Å². The van der Waals surface area contributed by atoms with Crippen molar-refractivity contribution in [1.29, 1.82) is 0 Å². The molecule has 0 aliphatic rings. The van der Waals surface area contributed by atoms with E-state index in [4.69, 9.17) is 5.11 Å². The van der Waals surface area contributed by atoms with Gasteiger partial charge in [0.25, 0.3) is 5.91 Å². The molecule has 0 spiro atoms. The number of carbonyl (C=O) groups excluding carboxylic acids is 1. The maximum Gasteiger partial charge on any atom is 0.339 e. The van der Waals surface area contributed by atoms with Crippen molar-refractivity contribution >= 4 is 40.2 Å². The van der Waals surface area contributed by atoms with Crippen LogP contribution in [0.25, 0.3) is 0 Å². The third kappa shape index (κ3) is 3.43. The van der Waals surface area contributed by atoms with E-state index in [0.717, 1.165) is 6.07 Å². The van der Waals surface area contributed by atoms with Gasteiger partial charge in [-0.25, -0.2) is 4.79 Å². The van der Waals surface area contributed by atoms with Gasteiger partial charge in [0.2, 0.25) is 0 Å². The molecule has 108 valence electrons. The molecule has 2 rings (SSSR count). The van der Waals surface area contributed by atoms with Gasteiger partial charge >= 0.3 is 5.97 Å². The Labute approximate surface area is 133 Å². The molecule has 0 saturated heterocycles. The molecule has 0 saturated carbocycles. The van der Waals surface area contributed by atoms with Crippen LogP contribution in [0.5, 0.6) is 11.5 Å². The number of amides is 1. The van der Waals surface area contributed by atoms with Crippen molar-refractivity contribution in [2.24, 2.45) is 0 Å². The van der Waals surface area contributed by atoms with Gasteiger partial charge in [0.05, 0.1) is 3.57 Å². The fourth-order valence-corrected chi connectivity index (χ4v) is 1.98. The fraction of sp³-hybridized carbons (Fsp3) is 0. The van der Waals surface area contributed by atoms with Gasteiger partial charge in [0, 0.05) is 17.3 Å². The average Bonchev–Trinajstić information content (AvgIpc) is 2.41. The lowest BCUT2D eigenvalue weighted by atomic mass is 10.1. The van der Waals surface area contributed by atoms with Crippen LogP contribution < -0.4 is 5.32 Å². The molecule has 0 heterocycles. The molecule has 4 N–H and O–H groups in total. The van der Waals surface area contributed by atoms with Crippen molar-refractivity contribution in [1.82, 2.24) is 0 Å². The summed E-state index contributed by atoms with van der Waals surface area (Å²) >= 11 is 1.93. The van der Waals surface area contributed by atoms with Gasteiger partial charge < -0.3 is 20.6 Å². The molecule has 7 heteroatoms. The average molecular weight is 399 g/mol. The van der Waals surface area contributed by atoms with E-state index in [-0.39, 0.29) is 22.6 Å². The van der Waals surface area contributed by atoms with Crippen molar-refractivity contribution in [3.05, 3.63) is 51.1 Å². The lowest BCUT2D eigenvalue weighted by molar-refractivity contribution is 0.0693. The first-order chi connectivity index (χ1) is 9.88. The van der Waals surface area contributed by atoms with Gasteiger partial charge in [0.15, 0.2) is 0 Å². The highest BCUT2D eigenvalue weighted by atomic mass is 127. The molecule has 0 unspecified atom stereocenters. The van der Waals surface area contributed by atoms with Crippen LogP contribution in [0.4, 0.5) is 5.69 Å². The second-order valence-electron chi connectivity index (χ2n) is 4.16. The van der Waals surface area contributed by atoms with Gasteiger partial charge in [-0.05, 0) is 52.9 Å². The highest BCUT2D eigenvalue weighted by Gasteiger charge is 2.12. The predicted octanol–water partition coefficient (Wildman–Crippen LogP) is 2.65. The highest BCUT2D eigenvalue weighted by molar-refractivity contribution is 14.1. The Hall–Kier alpha value is -2.29. The number of hydrogen-bond acceptors (Lipinski definition) is 4. The van der Waals surface area contributed by atoms with Crippen LogP contribution in [-0.2, 0) is 0 Å². The lowest BCUT2D eigenvalue weighted by Crippen LogP contribution is -2.12. The number of anilines is 1. The van der Waals surface area contributed by atoms with E-state index in [0.29, 0.717) is 3.57 Å². The number of aromatic hydroxyl groups is 2. The van der Waals surface area contributed by atoms with Crippen LogP contribution >= 0.6 is 22.6 Å². The van der Waals surface area contributed by atoms with Crippen molar-refractivity contribution < 1.29 is 24.9 Å². The summed E-state index contributed by atoms with van der Waals surface area (Å²) in [6, 6.07) is 8.17. The zero-order valence-electron chi connectivity index (χ0n) is 10.5. The first-order valence-electron chi connectivity index (χ1n) is 5.74. The summed E-state index contributed by atoms with van der Waals surface area (Å²) in [5.41, 5.74) is 0.246. The quantitative estimate of drug-likeness (QED) is 0.594. The monoisotopic (exact) mass is 399 g/mol. The minimum Gasteiger partial charge on any atom is -0.507 e. The van der Waals surface area contributed by atoms with Crippen molar-refractivity contribution in [3.8, 4) is 11.5 Å². The summed E-state index contributed by atoms with van der Waals surface area (Å²) in [6.07, 6.45) is 0. The van der Waals surface area contributed by atoms with Gasteiger partial charge in [-0.1, -0.05) is 0 Å². The molecule has 0 fully saturated rings. The molecule has 1 amide bonds. The maximum absolute atomic E-state index is 12.0. The van der Waals surface area contributed by atoms with E-state index < -0.39 is 17.6 Å². The summed E-state index contributed by atoms with van der Waals surface area (Å²) in [4.78, 5) is 22.8. The van der Waals surface area contributed by atoms with Crippen LogP contribution in [0.1, 0.15) is 20.7 Å². The third-order valence-electron chi connectivity index (χ3n) is 2.69. The highest BCUT2D eigenvalue weighted by Crippen LogP contribution is 2.24. The summed E-state index contributed by atoms with van der Waals surface area (Å²) < 4.78 is 0.618. The number of hydrogen-bond donors (Lipinski definition) is 4. The zero-order valence-corrected chi connectivity index (χ0v) is 12.7. The number of rotatable bonds is 3. The number of aromatic carboxylic acids is 1. The number of carboxylic acid groups (broad SMARTS) is 1. The molecule has 0 aliphatic carbocycles. The normalized spacial score (nSPS) is 10.1. The Balaban J connectivity index is 2.21. The number of phenolic OH excluding ortho intramolecular Hbond substituents is 1. The largest absolute Gasteiger partial charge is 0.507 e. The summed E-state index contributed by atoms with van der Waals surface area (Å²) in [7, 11) is 0. The van der Waals surface area contributed by atoms with Crippen molar-refractivity contribution in [2.75, 3.05) is 5.32 Å². The van der Waals surface area contributed by atoms with E-state index in [1.807, 2.05) is 22.6 Å². The second-order valence-corrected chi connectivity index (χ2v) is 5.32. The van der Waals surface area contributed by atoms with Crippen LogP contribution in [-0.4, -0.2) is 27.2 Å². The predicted molar refractivity (Wildman–Crippen MR) is 83.8 cm³/mol. The van der Waals surface area contributed by atoms with Crippen LogP contribution in [0.3, 0.4) is 0 Å². The van der Waals surface area contributed by atoms with E-state index in [2.05, 4.69) is 5.32 Å². The standard InChI is InChI=1S/C14H10INO5/c15-10-4-1-7(5-12(10)18)13(19)16-8-2-3-9(14(20)21)11(17)6-8/h1-6,17-18H,(H,16,19)(H,20,21). The topological polar surface area (TPSA) is 107 Å². The fourth-order valence-electron chi connectivity index (χ4n) is 1.65. The Morgan fingerprint density at radius 3 is 2.29 bits per heavy atom. The molecule has 2 aromatic carbocycles. The van der Waals surface area contributed by atoms with E-state index in [9.17, 15) is 19.8 Å². The Morgan fingerprint density at radius 2 is 1.71 bits per heavy atom. The first-order valence-corrected chi connectivity index (χ1v) is 6.82. The number of carboxylic acids is 1. The molecular weight excluding hydrogens is 389 g/mol. The number of halogens is 1. The van der Waals surface area contributed by atoms with E-state index >= 15 is 0 Å². The molecule has 0 radical (unpaired) electrons. The van der Waals surface area contributed by atoms with E-state index in [1.54, 1.807) is 12.1 Å². The molecule has 21 heavy (non-hydrogen) atoms. The SMILES string of the molecule is O=C(Nc1ccc(C(=O)O)c(O)c1)c1ccc(I)c(O)c1. The number of phenols is 2. The Bertz CT molecular complexity index is 729. The number of benzene rings is 2. The van der Waals surface area contributed by atoms with Gasteiger partial charge in [-0.3, -0.25) is 4.79 Å². The number of carbonyl (C=O) groups is 2. The summed E-state index contributed by atoms with van der Waals surface area (Å²) in [5.74, 6) is -2.19. The van der Waals surface area contributed by atoms with Gasteiger partial charge in [0.1, 0.15) is 17.1 Å². The summed E-state index contributed by atoms with van der Waals surface area (Å²) in [6.45, 7) is 0. The smallest absolute Gasteiger partial charge is 0.339 e. The minimum absolute atomic E-state index is 0.00711. The molecule has 2 aromatic rings. The number of nitrogens with one attached hydrogen (secondary N) is 1. The van der Waals surface area contributed by atoms with Crippen LogP contribution in [0.2, 0.25) is 0 Å². The van der Waals surface area contributed by atoms with Gasteiger partial charge in [-0.2, -0.15) is 0 Å². The summed E-state index contributed by atoms with van der Waals surface area (Å²) in [5, 5.41) is 30.4.